The quantitative estimate of drug-likeness (QED) is 0.808. The van der Waals surface area contributed by atoms with E-state index in [1.807, 2.05) is 31.2 Å². The molecule has 8 heteroatoms. The van der Waals surface area contributed by atoms with Gasteiger partial charge in [-0.25, -0.2) is 9.48 Å². The number of benzene rings is 1. The second kappa shape index (κ2) is 7.40. The predicted octanol–water partition coefficient (Wildman–Crippen LogP) is 2.30. The second-order valence-electron chi connectivity index (χ2n) is 6.57. The number of anilines is 1. The van der Waals surface area contributed by atoms with Crippen LogP contribution in [0.15, 0.2) is 41.9 Å². The SMILES string of the molecule is COc1ccccc1[C@@H]1C(C(=O)OC[C@H]2CCCO2)=C(C)Nc2ncnn21. The van der Waals surface area contributed by atoms with Crippen molar-refractivity contribution in [3.05, 3.63) is 47.4 Å². The molecule has 0 spiro atoms. The zero-order valence-corrected chi connectivity index (χ0v) is 15.3. The van der Waals surface area contributed by atoms with Crippen molar-refractivity contribution in [1.29, 1.82) is 0 Å². The van der Waals surface area contributed by atoms with Gasteiger partial charge in [0.2, 0.25) is 5.95 Å². The summed E-state index contributed by atoms with van der Waals surface area (Å²) in [5, 5.41) is 7.45. The molecule has 0 radical (unpaired) electrons. The number of methoxy groups -OCH3 is 1. The number of nitrogens with one attached hydrogen (secondary N) is 1. The molecule has 4 rings (SSSR count). The maximum absolute atomic E-state index is 13.0. The summed E-state index contributed by atoms with van der Waals surface area (Å²) >= 11 is 0. The minimum atomic E-state index is -0.489. The molecule has 0 amide bonds. The predicted molar refractivity (Wildman–Crippen MR) is 97.4 cm³/mol. The molecule has 1 aromatic heterocycles. The number of nitrogens with zero attached hydrogens (tertiary/aromatic N) is 3. The Kier molecular flexibility index (Phi) is 4.81. The zero-order chi connectivity index (χ0) is 18.8. The van der Waals surface area contributed by atoms with E-state index in [9.17, 15) is 4.79 Å². The summed E-state index contributed by atoms with van der Waals surface area (Å²) in [6.45, 7) is 2.80. The summed E-state index contributed by atoms with van der Waals surface area (Å²) in [6.07, 6.45) is 3.33. The van der Waals surface area contributed by atoms with E-state index >= 15 is 0 Å². The Morgan fingerprint density at radius 3 is 3.04 bits per heavy atom. The number of fused-ring (bicyclic) bond motifs is 1. The van der Waals surface area contributed by atoms with Gasteiger partial charge in [-0.05, 0) is 25.8 Å². The first-order chi connectivity index (χ1) is 13.2. The lowest BCUT2D eigenvalue weighted by molar-refractivity contribution is -0.142. The maximum atomic E-state index is 13.0. The second-order valence-corrected chi connectivity index (χ2v) is 6.57. The Labute approximate surface area is 157 Å². The lowest BCUT2D eigenvalue weighted by Crippen LogP contribution is -2.31. The van der Waals surface area contributed by atoms with Crippen LogP contribution < -0.4 is 10.1 Å². The van der Waals surface area contributed by atoms with E-state index in [4.69, 9.17) is 14.2 Å². The lowest BCUT2D eigenvalue weighted by Gasteiger charge is -2.29. The van der Waals surface area contributed by atoms with E-state index in [2.05, 4.69) is 15.4 Å². The molecule has 1 saturated heterocycles. The van der Waals surface area contributed by atoms with Gasteiger partial charge in [-0.1, -0.05) is 18.2 Å². The fourth-order valence-electron chi connectivity index (χ4n) is 3.56. The first-order valence-corrected chi connectivity index (χ1v) is 8.98. The standard InChI is InChI=1S/C19H22N4O4/c1-12-16(18(24)27-10-13-6-5-9-26-13)17(23-19(22-12)20-11-21-23)14-7-3-4-8-15(14)25-2/h3-4,7-8,11,13,17H,5-6,9-10H2,1-2H3,(H,20,21,22)/t13-,17-/m1/s1. The molecular weight excluding hydrogens is 348 g/mol. The fraction of sp³-hybridized carbons (Fsp3) is 0.421. The van der Waals surface area contributed by atoms with Gasteiger partial charge in [0.1, 0.15) is 24.7 Å². The summed E-state index contributed by atoms with van der Waals surface area (Å²) in [5.41, 5.74) is 1.98. The number of allylic oxidation sites excluding steroid dienone is 1. The summed E-state index contributed by atoms with van der Waals surface area (Å²) in [7, 11) is 1.61. The van der Waals surface area contributed by atoms with E-state index in [1.165, 1.54) is 6.33 Å². The summed E-state index contributed by atoms with van der Waals surface area (Å²) < 4.78 is 18.3. The normalized spacial score (nSPS) is 21.6. The van der Waals surface area contributed by atoms with Gasteiger partial charge in [0, 0.05) is 17.9 Å². The van der Waals surface area contributed by atoms with Crippen molar-refractivity contribution in [2.24, 2.45) is 0 Å². The van der Waals surface area contributed by atoms with Crippen LogP contribution in [0.5, 0.6) is 5.75 Å². The molecule has 0 bridgehead atoms. The van der Waals surface area contributed by atoms with Crippen LogP contribution in [0, 0.1) is 0 Å². The van der Waals surface area contributed by atoms with Crippen LogP contribution in [0.2, 0.25) is 0 Å². The molecule has 2 aliphatic rings. The average molecular weight is 370 g/mol. The molecule has 0 saturated carbocycles. The smallest absolute Gasteiger partial charge is 0.338 e. The van der Waals surface area contributed by atoms with Crippen LogP contribution in [-0.2, 0) is 14.3 Å². The van der Waals surface area contributed by atoms with Crippen LogP contribution >= 0.6 is 0 Å². The van der Waals surface area contributed by atoms with Crippen molar-refractivity contribution in [1.82, 2.24) is 14.8 Å². The summed E-state index contributed by atoms with van der Waals surface area (Å²) in [4.78, 5) is 17.2. The number of hydrogen-bond acceptors (Lipinski definition) is 7. The number of para-hydroxylation sites is 1. The van der Waals surface area contributed by atoms with Gasteiger partial charge in [-0.15, -0.1) is 0 Å². The molecule has 2 aromatic rings. The van der Waals surface area contributed by atoms with Gasteiger partial charge in [-0.3, -0.25) is 0 Å². The Morgan fingerprint density at radius 1 is 1.41 bits per heavy atom. The van der Waals surface area contributed by atoms with E-state index in [0.717, 1.165) is 25.0 Å². The van der Waals surface area contributed by atoms with Crippen LogP contribution in [-0.4, -0.2) is 47.2 Å². The van der Waals surface area contributed by atoms with Crippen LogP contribution in [0.1, 0.15) is 31.4 Å². The van der Waals surface area contributed by atoms with E-state index < -0.39 is 12.0 Å². The third-order valence-corrected chi connectivity index (χ3v) is 4.87. The van der Waals surface area contributed by atoms with E-state index in [-0.39, 0.29) is 12.7 Å². The molecular formula is C19H22N4O4. The molecule has 142 valence electrons. The third kappa shape index (κ3) is 3.28. The molecule has 2 atom stereocenters. The van der Waals surface area contributed by atoms with Crippen molar-refractivity contribution in [3.63, 3.8) is 0 Å². The third-order valence-electron chi connectivity index (χ3n) is 4.87. The minimum Gasteiger partial charge on any atom is -0.496 e. The van der Waals surface area contributed by atoms with Crippen molar-refractivity contribution in [2.75, 3.05) is 25.6 Å². The first kappa shape index (κ1) is 17.5. The highest BCUT2D eigenvalue weighted by atomic mass is 16.6. The number of hydrogen-bond donors (Lipinski definition) is 1. The largest absolute Gasteiger partial charge is 0.496 e. The Balaban J connectivity index is 1.69. The van der Waals surface area contributed by atoms with Crippen molar-refractivity contribution >= 4 is 11.9 Å². The monoisotopic (exact) mass is 370 g/mol. The Hall–Kier alpha value is -2.87. The minimum absolute atomic E-state index is 0.0296. The zero-order valence-electron chi connectivity index (χ0n) is 15.3. The highest BCUT2D eigenvalue weighted by Crippen LogP contribution is 2.39. The Bertz CT molecular complexity index is 870. The molecule has 1 fully saturated rings. The van der Waals surface area contributed by atoms with Crippen LogP contribution in [0.3, 0.4) is 0 Å². The van der Waals surface area contributed by atoms with Gasteiger partial charge in [-0.2, -0.15) is 10.1 Å². The lowest BCUT2D eigenvalue weighted by atomic mass is 9.95. The number of ether oxygens (including phenoxy) is 3. The van der Waals surface area contributed by atoms with Crippen LogP contribution in [0.25, 0.3) is 0 Å². The van der Waals surface area contributed by atoms with Gasteiger partial charge in [0.15, 0.2) is 0 Å². The van der Waals surface area contributed by atoms with Gasteiger partial charge in [0.05, 0.1) is 18.8 Å². The molecule has 0 aliphatic carbocycles. The highest BCUT2D eigenvalue weighted by Gasteiger charge is 2.36. The molecule has 1 N–H and O–H groups in total. The topological polar surface area (TPSA) is 87.5 Å². The van der Waals surface area contributed by atoms with Crippen molar-refractivity contribution in [2.45, 2.75) is 31.9 Å². The summed E-state index contributed by atoms with van der Waals surface area (Å²) in [5.74, 6) is 0.842. The highest BCUT2D eigenvalue weighted by molar-refractivity contribution is 5.92. The number of aromatic nitrogens is 3. The average Bonchev–Trinajstić information content (AvgIpc) is 3.36. The molecule has 8 nitrogen and oxygen atoms in total. The number of carbonyl (C=O) groups excluding carboxylic acids is 1. The van der Waals surface area contributed by atoms with Crippen molar-refractivity contribution < 1.29 is 19.0 Å². The number of esters is 1. The maximum Gasteiger partial charge on any atom is 0.338 e. The van der Waals surface area contributed by atoms with Crippen molar-refractivity contribution in [3.8, 4) is 5.75 Å². The van der Waals surface area contributed by atoms with E-state index in [1.54, 1.807) is 11.8 Å². The van der Waals surface area contributed by atoms with Crippen LogP contribution in [0.4, 0.5) is 5.95 Å². The number of carbonyl (C=O) groups is 1. The molecule has 0 unspecified atom stereocenters. The molecule has 2 aliphatic heterocycles. The fourth-order valence-corrected chi connectivity index (χ4v) is 3.56. The van der Waals surface area contributed by atoms with E-state index in [0.29, 0.717) is 23.0 Å². The molecule has 27 heavy (non-hydrogen) atoms. The molecule has 3 heterocycles. The first-order valence-electron chi connectivity index (χ1n) is 8.98. The summed E-state index contributed by atoms with van der Waals surface area (Å²) in [6, 6.07) is 7.08. The Morgan fingerprint density at radius 2 is 2.26 bits per heavy atom. The van der Waals surface area contributed by atoms with Gasteiger partial charge < -0.3 is 19.5 Å². The molecule has 1 aromatic carbocycles. The van der Waals surface area contributed by atoms with Gasteiger partial charge >= 0.3 is 5.97 Å². The van der Waals surface area contributed by atoms with Gasteiger partial charge in [0.25, 0.3) is 0 Å². The number of rotatable bonds is 5.